The van der Waals surface area contributed by atoms with Crippen LogP contribution in [-0.2, 0) is 0 Å². The van der Waals surface area contributed by atoms with Crippen molar-refractivity contribution in [3.63, 3.8) is 0 Å². The molecule has 0 saturated heterocycles. The van der Waals surface area contributed by atoms with Crippen LogP contribution in [0.5, 0.6) is 0 Å². The number of carbonyl (C=O) groups excluding carboxylic acids is 1. The van der Waals surface area contributed by atoms with E-state index in [4.69, 9.17) is 0 Å². The molecule has 1 amide bonds. The molecular formula is C19H22N2O2. The second-order valence-corrected chi connectivity index (χ2v) is 6.12. The summed E-state index contributed by atoms with van der Waals surface area (Å²) in [6.45, 7) is 2.06. The molecule has 4 nitrogen and oxygen atoms in total. The van der Waals surface area contributed by atoms with Crippen molar-refractivity contribution in [1.82, 2.24) is 10.3 Å². The summed E-state index contributed by atoms with van der Waals surface area (Å²) >= 11 is 0. The number of aliphatic hydroxyl groups excluding tert-OH is 1. The molecule has 1 aliphatic carbocycles. The molecule has 1 fully saturated rings. The Morgan fingerprint density at radius 1 is 1.30 bits per heavy atom. The van der Waals surface area contributed by atoms with E-state index in [1.54, 1.807) is 6.20 Å². The van der Waals surface area contributed by atoms with E-state index in [1.165, 1.54) is 0 Å². The predicted molar refractivity (Wildman–Crippen MR) is 90.1 cm³/mol. The lowest BCUT2D eigenvalue weighted by Gasteiger charge is -2.18. The number of benzene rings is 1. The number of amides is 1. The predicted octanol–water partition coefficient (Wildman–Crippen LogP) is 2.95. The Kier molecular flexibility index (Phi) is 4.72. The first kappa shape index (κ1) is 15.7. The number of nitrogens with one attached hydrogen (secondary N) is 1. The Hall–Kier alpha value is -2.20. The summed E-state index contributed by atoms with van der Waals surface area (Å²) < 4.78 is 0. The van der Waals surface area contributed by atoms with Crippen molar-refractivity contribution in [2.75, 3.05) is 6.61 Å². The topological polar surface area (TPSA) is 62.2 Å². The summed E-state index contributed by atoms with van der Waals surface area (Å²) in [6.07, 6.45) is 4.65. The third-order valence-electron chi connectivity index (χ3n) is 4.47. The Bertz CT molecular complexity index is 681. The first-order valence-corrected chi connectivity index (χ1v) is 8.13. The molecular weight excluding hydrogens is 288 g/mol. The molecule has 1 aromatic carbocycles. The maximum Gasteiger partial charge on any atom is 0.251 e. The highest BCUT2D eigenvalue weighted by molar-refractivity contribution is 5.97. The summed E-state index contributed by atoms with van der Waals surface area (Å²) in [7, 11) is 0. The number of rotatable bonds is 6. The number of nitrogens with zero attached hydrogens (tertiary/aromatic N) is 1. The van der Waals surface area contributed by atoms with Gasteiger partial charge >= 0.3 is 0 Å². The van der Waals surface area contributed by atoms with Crippen molar-refractivity contribution < 1.29 is 9.90 Å². The van der Waals surface area contributed by atoms with Crippen LogP contribution in [0.25, 0.3) is 11.3 Å². The minimum atomic E-state index is -0.0642. The number of pyridine rings is 1. The van der Waals surface area contributed by atoms with E-state index >= 15 is 0 Å². The van der Waals surface area contributed by atoms with E-state index in [0.29, 0.717) is 17.9 Å². The molecule has 3 rings (SSSR count). The van der Waals surface area contributed by atoms with E-state index in [1.807, 2.05) is 43.3 Å². The van der Waals surface area contributed by atoms with Gasteiger partial charge < -0.3 is 10.4 Å². The lowest BCUT2D eigenvalue weighted by atomic mass is 9.98. The van der Waals surface area contributed by atoms with Gasteiger partial charge in [0.1, 0.15) is 0 Å². The van der Waals surface area contributed by atoms with Crippen LogP contribution >= 0.6 is 0 Å². The van der Waals surface area contributed by atoms with E-state index in [0.717, 1.165) is 29.7 Å². The molecule has 1 atom stereocenters. The van der Waals surface area contributed by atoms with Gasteiger partial charge in [-0.2, -0.15) is 0 Å². The second-order valence-electron chi connectivity index (χ2n) is 6.12. The number of aromatic nitrogens is 1. The monoisotopic (exact) mass is 310 g/mol. The van der Waals surface area contributed by atoms with Crippen LogP contribution in [0, 0.1) is 12.8 Å². The molecule has 0 bridgehead atoms. The van der Waals surface area contributed by atoms with Crippen molar-refractivity contribution in [2.45, 2.75) is 32.2 Å². The van der Waals surface area contributed by atoms with E-state index in [-0.39, 0.29) is 18.6 Å². The molecule has 0 spiro atoms. The van der Waals surface area contributed by atoms with Crippen molar-refractivity contribution >= 4 is 5.91 Å². The third kappa shape index (κ3) is 3.59. The van der Waals surface area contributed by atoms with Gasteiger partial charge in [0.25, 0.3) is 5.91 Å². The quantitative estimate of drug-likeness (QED) is 0.862. The lowest BCUT2D eigenvalue weighted by molar-refractivity contribution is 0.0923. The maximum absolute atomic E-state index is 12.7. The Balaban J connectivity index is 1.83. The second kappa shape index (κ2) is 6.92. The molecule has 1 aliphatic rings. The van der Waals surface area contributed by atoms with Gasteiger partial charge in [0, 0.05) is 30.0 Å². The van der Waals surface area contributed by atoms with Crippen molar-refractivity contribution in [2.24, 2.45) is 5.92 Å². The number of hydrogen-bond donors (Lipinski definition) is 2. The van der Waals surface area contributed by atoms with Gasteiger partial charge in [-0.25, -0.2) is 0 Å². The van der Waals surface area contributed by atoms with E-state index < -0.39 is 0 Å². The fourth-order valence-corrected chi connectivity index (χ4v) is 2.99. The largest absolute Gasteiger partial charge is 0.396 e. The molecule has 0 radical (unpaired) electrons. The third-order valence-corrected chi connectivity index (χ3v) is 4.47. The SMILES string of the molecule is Cc1c(C(=O)NC(CCO)C2CC2)cccc1-c1ccccn1. The molecule has 1 unspecified atom stereocenters. The van der Waals surface area contributed by atoms with Crippen LogP contribution < -0.4 is 5.32 Å². The van der Waals surface area contributed by atoms with Gasteiger partial charge in [-0.1, -0.05) is 18.2 Å². The number of carbonyl (C=O) groups is 1. The van der Waals surface area contributed by atoms with Crippen molar-refractivity contribution in [3.05, 3.63) is 53.7 Å². The minimum Gasteiger partial charge on any atom is -0.396 e. The fourth-order valence-electron chi connectivity index (χ4n) is 2.99. The van der Waals surface area contributed by atoms with Crippen LogP contribution in [-0.4, -0.2) is 28.6 Å². The Labute approximate surface area is 136 Å². The van der Waals surface area contributed by atoms with E-state index in [9.17, 15) is 9.90 Å². The van der Waals surface area contributed by atoms with Crippen LogP contribution in [0.15, 0.2) is 42.6 Å². The Morgan fingerprint density at radius 3 is 2.78 bits per heavy atom. The van der Waals surface area contributed by atoms with Gasteiger partial charge in [0.05, 0.1) is 5.69 Å². The zero-order chi connectivity index (χ0) is 16.2. The van der Waals surface area contributed by atoms with Gasteiger partial charge in [0.2, 0.25) is 0 Å². The first-order chi connectivity index (χ1) is 11.2. The minimum absolute atomic E-state index is 0.0642. The molecule has 1 heterocycles. The van der Waals surface area contributed by atoms with Gasteiger partial charge in [-0.05, 0) is 55.9 Å². The summed E-state index contributed by atoms with van der Waals surface area (Å²) in [5.41, 5.74) is 3.45. The molecule has 2 aromatic rings. The molecule has 2 N–H and O–H groups in total. The average molecular weight is 310 g/mol. The zero-order valence-corrected chi connectivity index (χ0v) is 13.3. The van der Waals surface area contributed by atoms with Crippen LogP contribution in [0.1, 0.15) is 35.2 Å². The number of aliphatic hydroxyl groups is 1. The molecule has 120 valence electrons. The standard InChI is InChI=1S/C19H22N2O2/c1-13-15(18-7-2-3-11-20-18)5-4-6-16(13)19(23)21-17(10-12-22)14-8-9-14/h2-7,11,14,17,22H,8-10,12H2,1H3,(H,21,23). The molecule has 1 saturated carbocycles. The van der Waals surface area contributed by atoms with Crippen molar-refractivity contribution in [1.29, 1.82) is 0 Å². The molecule has 23 heavy (non-hydrogen) atoms. The van der Waals surface area contributed by atoms with Gasteiger partial charge in [0.15, 0.2) is 0 Å². The zero-order valence-electron chi connectivity index (χ0n) is 13.3. The summed E-state index contributed by atoms with van der Waals surface area (Å²) in [5, 5.41) is 12.3. The highest BCUT2D eigenvalue weighted by Gasteiger charge is 2.32. The van der Waals surface area contributed by atoms with Crippen LogP contribution in [0.4, 0.5) is 0 Å². The molecule has 1 aromatic heterocycles. The fraction of sp³-hybridized carbons (Fsp3) is 0.368. The smallest absolute Gasteiger partial charge is 0.251 e. The summed E-state index contributed by atoms with van der Waals surface area (Å²) in [6, 6.07) is 11.6. The Morgan fingerprint density at radius 2 is 2.13 bits per heavy atom. The normalized spacial score (nSPS) is 15.2. The number of hydrogen-bond acceptors (Lipinski definition) is 3. The maximum atomic E-state index is 12.7. The average Bonchev–Trinajstić information content (AvgIpc) is 3.40. The summed E-state index contributed by atoms with van der Waals surface area (Å²) in [5.74, 6) is 0.455. The van der Waals surface area contributed by atoms with Gasteiger partial charge in [-0.15, -0.1) is 0 Å². The lowest BCUT2D eigenvalue weighted by Crippen LogP contribution is -2.37. The summed E-state index contributed by atoms with van der Waals surface area (Å²) in [4.78, 5) is 17.0. The highest BCUT2D eigenvalue weighted by atomic mass is 16.3. The van der Waals surface area contributed by atoms with E-state index in [2.05, 4.69) is 10.3 Å². The van der Waals surface area contributed by atoms with Gasteiger partial charge in [-0.3, -0.25) is 9.78 Å². The highest BCUT2D eigenvalue weighted by Crippen LogP contribution is 2.34. The van der Waals surface area contributed by atoms with Crippen LogP contribution in [0.3, 0.4) is 0 Å². The van der Waals surface area contributed by atoms with Crippen molar-refractivity contribution in [3.8, 4) is 11.3 Å². The molecule has 4 heteroatoms. The van der Waals surface area contributed by atoms with Crippen LogP contribution in [0.2, 0.25) is 0 Å². The molecule has 0 aliphatic heterocycles. The first-order valence-electron chi connectivity index (χ1n) is 8.13.